The van der Waals surface area contributed by atoms with Crippen LogP contribution in [0.15, 0.2) is 42.5 Å². The van der Waals surface area contributed by atoms with Crippen LogP contribution in [0.5, 0.6) is 17.2 Å². The maximum Gasteiger partial charge on any atom is 0.276 e. The Morgan fingerprint density at radius 2 is 1.65 bits per heavy atom. The Labute approximate surface area is 186 Å². The molecule has 9 heteroatoms. The zero-order chi connectivity index (χ0) is 22.8. The predicted molar refractivity (Wildman–Crippen MR) is 122 cm³/mol. The first-order valence-corrected chi connectivity index (χ1v) is 9.72. The van der Waals surface area contributed by atoms with E-state index in [1.165, 1.54) is 13.2 Å². The van der Waals surface area contributed by atoms with Gasteiger partial charge in [-0.15, -0.1) is 0 Å². The lowest BCUT2D eigenvalue weighted by molar-refractivity contribution is -0.123. The average Bonchev–Trinajstić information content (AvgIpc) is 2.73. The normalized spacial score (nSPS) is 10.3. The molecular formula is C22H25N3O5S. The fraction of sp³-hybridized carbons (Fsp3) is 0.227. The minimum Gasteiger partial charge on any atom is -0.493 e. The number of amides is 2. The SMILES string of the molecule is COc1ccc(C=CC(=O)NC(=S)NNC(=O)COc2cc(C)cc(C)c2)cc1OC. The second kappa shape index (κ2) is 11.6. The summed E-state index contributed by atoms with van der Waals surface area (Å²) >= 11 is 4.99. The van der Waals surface area contributed by atoms with Crippen LogP contribution in [0, 0.1) is 13.8 Å². The van der Waals surface area contributed by atoms with Crippen LogP contribution < -0.4 is 30.4 Å². The van der Waals surface area contributed by atoms with E-state index in [0.29, 0.717) is 17.2 Å². The van der Waals surface area contributed by atoms with Crippen LogP contribution in [0.1, 0.15) is 16.7 Å². The number of carbonyl (C=O) groups is 2. The number of rotatable bonds is 7. The number of aryl methyl sites for hydroxylation is 2. The minimum absolute atomic E-state index is 0.0540. The topological polar surface area (TPSA) is 97.9 Å². The van der Waals surface area contributed by atoms with Gasteiger partial charge in [-0.25, -0.2) is 0 Å². The number of thiocarbonyl (C=S) groups is 1. The molecule has 2 aromatic rings. The van der Waals surface area contributed by atoms with E-state index in [2.05, 4.69) is 16.2 Å². The number of hydrazine groups is 1. The van der Waals surface area contributed by atoms with Crippen molar-refractivity contribution in [1.82, 2.24) is 16.2 Å². The zero-order valence-corrected chi connectivity index (χ0v) is 18.6. The summed E-state index contributed by atoms with van der Waals surface area (Å²) in [6.07, 6.45) is 2.90. The van der Waals surface area contributed by atoms with Gasteiger partial charge >= 0.3 is 0 Å². The fourth-order valence-electron chi connectivity index (χ4n) is 2.64. The lowest BCUT2D eigenvalue weighted by Crippen LogP contribution is -2.49. The molecule has 31 heavy (non-hydrogen) atoms. The summed E-state index contributed by atoms with van der Waals surface area (Å²) < 4.78 is 15.8. The van der Waals surface area contributed by atoms with Crippen molar-refractivity contribution in [2.45, 2.75) is 13.8 Å². The summed E-state index contributed by atoms with van der Waals surface area (Å²) in [7, 11) is 3.08. The van der Waals surface area contributed by atoms with Gasteiger partial charge in [0.15, 0.2) is 23.2 Å². The average molecular weight is 444 g/mol. The van der Waals surface area contributed by atoms with Gasteiger partial charge in [-0.2, -0.15) is 0 Å². The molecule has 0 aromatic heterocycles. The second-order valence-corrected chi connectivity index (χ2v) is 6.96. The van der Waals surface area contributed by atoms with Gasteiger partial charge in [-0.1, -0.05) is 12.1 Å². The molecule has 0 unspecified atom stereocenters. The van der Waals surface area contributed by atoms with Crippen molar-refractivity contribution in [3.8, 4) is 17.2 Å². The van der Waals surface area contributed by atoms with Gasteiger partial charge in [0.1, 0.15) is 5.75 Å². The van der Waals surface area contributed by atoms with Crippen LogP contribution in [0.4, 0.5) is 0 Å². The first-order chi connectivity index (χ1) is 14.8. The van der Waals surface area contributed by atoms with Gasteiger partial charge in [0.25, 0.3) is 5.91 Å². The molecule has 0 aliphatic heterocycles. The summed E-state index contributed by atoms with van der Waals surface area (Å²) in [5.74, 6) is 0.827. The molecule has 3 N–H and O–H groups in total. The third-order valence-electron chi connectivity index (χ3n) is 3.95. The largest absolute Gasteiger partial charge is 0.493 e. The van der Waals surface area contributed by atoms with Gasteiger partial charge < -0.3 is 14.2 Å². The Morgan fingerprint density at radius 3 is 2.29 bits per heavy atom. The Balaban J connectivity index is 1.76. The van der Waals surface area contributed by atoms with Crippen LogP contribution in [0.3, 0.4) is 0 Å². The number of hydrogen-bond donors (Lipinski definition) is 3. The van der Waals surface area contributed by atoms with Gasteiger partial charge in [0, 0.05) is 6.08 Å². The minimum atomic E-state index is -0.465. The molecule has 2 aromatic carbocycles. The highest BCUT2D eigenvalue weighted by atomic mass is 32.1. The van der Waals surface area contributed by atoms with Gasteiger partial charge in [0.05, 0.1) is 14.2 Å². The number of carbonyl (C=O) groups excluding carboxylic acids is 2. The summed E-state index contributed by atoms with van der Waals surface area (Å²) in [5, 5.41) is 2.37. The molecule has 0 atom stereocenters. The van der Waals surface area contributed by atoms with Crippen molar-refractivity contribution in [3.63, 3.8) is 0 Å². The van der Waals surface area contributed by atoms with Gasteiger partial charge in [-0.3, -0.25) is 25.8 Å². The van der Waals surface area contributed by atoms with E-state index in [1.54, 1.807) is 31.4 Å². The molecule has 2 amide bonds. The third kappa shape index (κ3) is 7.98. The van der Waals surface area contributed by atoms with Crippen LogP contribution in [0.2, 0.25) is 0 Å². The van der Waals surface area contributed by atoms with Crippen molar-refractivity contribution in [2.75, 3.05) is 20.8 Å². The molecule has 0 bridgehead atoms. The molecule has 0 radical (unpaired) electrons. The van der Waals surface area contributed by atoms with Crippen molar-refractivity contribution in [2.24, 2.45) is 0 Å². The number of ether oxygens (including phenoxy) is 3. The quantitative estimate of drug-likeness (QED) is 0.343. The number of benzene rings is 2. The molecule has 164 valence electrons. The van der Waals surface area contributed by atoms with E-state index in [4.69, 9.17) is 26.4 Å². The first-order valence-electron chi connectivity index (χ1n) is 9.31. The molecule has 0 heterocycles. The highest BCUT2D eigenvalue weighted by molar-refractivity contribution is 7.80. The predicted octanol–water partition coefficient (Wildman–Crippen LogP) is 2.43. The Bertz CT molecular complexity index is 971. The first kappa shape index (κ1) is 23.7. The van der Waals surface area contributed by atoms with Crippen molar-refractivity contribution >= 4 is 35.2 Å². The fourth-order valence-corrected chi connectivity index (χ4v) is 2.79. The summed E-state index contributed by atoms with van der Waals surface area (Å²) in [6, 6.07) is 10.9. The standard InChI is InChI=1S/C22H25N3O5S/c1-14-9-15(2)11-17(10-14)30-13-21(27)24-25-22(31)23-20(26)8-6-16-5-7-18(28-3)19(12-16)29-4/h5-12H,13H2,1-4H3,(H,24,27)(H2,23,25,26,31). The van der Waals surface area contributed by atoms with Gasteiger partial charge in [-0.05, 0) is 73.1 Å². The molecular weight excluding hydrogens is 418 g/mol. The molecule has 0 aliphatic rings. The highest BCUT2D eigenvalue weighted by Crippen LogP contribution is 2.27. The second-order valence-electron chi connectivity index (χ2n) is 6.55. The van der Waals surface area contributed by atoms with Crippen LogP contribution in [-0.2, 0) is 9.59 Å². The van der Waals surface area contributed by atoms with E-state index in [-0.39, 0.29) is 11.7 Å². The molecule has 0 aliphatic carbocycles. The lowest BCUT2D eigenvalue weighted by Gasteiger charge is -2.11. The van der Waals surface area contributed by atoms with Crippen LogP contribution in [-0.4, -0.2) is 37.8 Å². The number of nitrogens with one attached hydrogen (secondary N) is 3. The summed E-state index contributed by atoms with van der Waals surface area (Å²) in [5.41, 5.74) is 7.64. The monoisotopic (exact) mass is 443 g/mol. The smallest absolute Gasteiger partial charge is 0.276 e. The third-order valence-corrected chi connectivity index (χ3v) is 4.16. The zero-order valence-electron chi connectivity index (χ0n) is 17.8. The molecule has 0 fully saturated rings. The van der Waals surface area contributed by atoms with E-state index < -0.39 is 11.8 Å². The Kier molecular flexibility index (Phi) is 8.83. The van der Waals surface area contributed by atoms with E-state index in [9.17, 15) is 9.59 Å². The number of hydrogen-bond acceptors (Lipinski definition) is 6. The molecule has 0 saturated carbocycles. The highest BCUT2D eigenvalue weighted by Gasteiger charge is 2.07. The van der Waals surface area contributed by atoms with Crippen LogP contribution >= 0.6 is 12.2 Å². The summed E-state index contributed by atoms with van der Waals surface area (Å²) in [4.78, 5) is 23.9. The number of methoxy groups -OCH3 is 2. The van der Waals surface area contributed by atoms with Crippen molar-refractivity contribution in [3.05, 3.63) is 59.2 Å². The lowest BCUT2D eigenvalue weighted by atomic mass is 10.1. The summed E-state index contributed by atoms with van der Waals surface area (Å²) in [6.45, 7) is 3.69. The maximum absolute atomic E-state index is 12.0. The van der Waals surface area contributed by atoms with E-state index >= 15 is 0 Å². The molecule has 8 nitrogen and oxygen atoms in total. The Hall–Kier alpha value is -3.59. The van der Waals surface area contributed by atoms with Gasteiger partial charge in [0.2, 0.25) is 5.91 Å². The maximum atomic E-state index is 12.0. The Morgan fingerprint density at radius 1 is 0.968 bits per heavy atom. The van der Waals surface area contributed by atoms with E-state index in [0.717, 1.165) is 16.7 Å². The molecule has 2 rings (SSSR count). The van der Waals surface area contributed by atoms with E-state index in [1.807, 2.05) is 32.0 Å². The van der Waals surface area contributed by atoms with Crippen molar-refractivity contribution in [1.29, 1.82) is 0 Å². The van der Waals surface area contributed by atoms with Crippen molar-refractivity contribution < 1.29 is 23.8 Å². The molecule has 0 spiro atoms. The van der Waals surface area contributed by atoms with Crippen LogP contribution in [0.25, 0.3) is 6.08 Å². The molecule has 0 saturated heterocycles.